The van der Waals surface area contributed by atoms with E-state index in [0.717, 1.165) is 28.1 Å². The molecule has 3 aromatic carbocycles. The summed E-state index contributed by atoms with van der Waals surface area (Å²) >= 11 is 0. The number of imidazole rings is 1. The maximum Gasteiger partial charge on any atom is 0.365 e. The van der Waals surface area contributed by atoms with Crippen LogP contribution in [0.2, 0.25) is 0 Å². The molecule has 0 saturated heterocycles. The fourth-order valence-corrected chi connectivity index (χ4v) is 3.70. The minimum atomic E-state index is -0.353. The Bertz CT molecular complexity index is 1290. The van der Waals surface area contributed by atoms with Crippen LogP contribution in [0.5, 0.6) is 0 Å². The second kappa shape index (κ2) is 7.04. The molecule has 30 heavy (non-hydrogen) atoms. The van der Waals surface area contributed by atoms with Crippen molar-refractivity contribution in [3.05, 3.63) is 89.5 Å². The number of amides is 1. The Morgan fingerprint density at radius 3 is 2.70 bits per heavy atom. The van der Waals surface area contributed by atoms with E-state index in [0.29, 0.717) is 17.2 Å². The summed E-state index contributed by atoms with van der Waals surface area (Å²) in [7, 11) is 0. The summed E-state index contributed by atoms with van der Waals surface area (Å²) in [4.78, 5) is 20.6. The highest BCUT2D eigenvalue weighted by Gasteiger charge is 2.31. The van der Waals surface area contributed by atoms with E-state index >= 15 is 0 Å². The van der Waals surface area contributed by atoms with E-state index in [1.807, 2.05) is 79.7 Å². The van der Waals surface area contributed by atoms with Gasteiger partial charge in [-0.15, -0.1) is 0 Å². The molecule has 7 nitrogen and oxygen atoms in total. The SMILES string of the molecule is Cc1ccc(C(=O)Nc2cccc([C@H]3N=C(N)Nc4[nH]c5ccccc5[n+]43)c2)cc1. The monoisotopic (exact) mass is 397 g/mol. The highest BCUT2D eigenvalue weighted by Crippen LogP contribution is 2.25. The highest BCUT2D eigenvalue weighted by atomic mass is 16.1. The van der Waals surface area contributed by atoms with Crippen molar-refractivity contribution >= 4 is 34.5 Å². The third kappa shape index (κ3) is 3.16. The Labute approximate surface area is 173 Å². The lowest BCUT2D eigenvalue weighted by atomic mass is 10.1. The van der Waals surface area contributed by atoms with Crippen LogP contribution in [-0.2, 0) is 0 Å². The smallest absolute Gasteiger partial charge is 0.357 e. The highest BCUT2D eigenvalue weighted by molar-refractivity contribution is 6.04. The van der Waals surface area contributed by atoms with Crippen molar-refractivity contribution in [1.29, 1.82) is 0 Å². The van der Waals surface area contributed by atoms with Gasteiger partial charge >= 0.3 is 5.95 Å². The van der Waals surface area contributed by atoms with Gasteiger partial charge in [-0.25, -0.2) is 14.9 Å². The predicted molar refractivity (Wildman–Crippen MR) is 117 cm³/mol. The molecule has 2 heterocycles. The van der Waals surface area contributed by atoms with E-state index in [4.69, 9.17) is 5.73 Å². The topological polar surface area (TPSA) is 99.2 Å². The molecule has 0 fully saturated rings. The number of para-hydroxylation sites is 2. The number of H-pyrrole nitrogens is 1. The second-order valence-corrected chi connectivity index (χ2v) is 7.32. The molecule has 148 valence electrons. The lowest BCUT2D eigenvalue weighted by molar-refractivity contribution is -0.674. The predicted octanol–water partition coefficient (Wildman–Crippen LogP) is 3.30. The Morgan fingerprint density at radius 2 is 1.87 bits per heavy atom. The van der Waals surface area contributed by atoms with Crippen molar-refractivity contribution < 1.29 is 9.36 Å². The van der Waals surface area contributed by atoms with Crippen LogP contribution in [0.3, 0.4) is 0 Å². The van der Waals surface area contributed by atoms with Crippen LogP contribution in [0.1, 0.15) is 27.7 Å². The van der Waals surface area contributed by atoms with Gasteiger partial charge in [0.25, 0.3) is 11.9 Å². The molecule has 0 saturated carbocycles. The summed E-state index contributed by atoms with van der Waals surface area (Å²) in [6.45, 7) is 1.99. The number of aliphatic imine (C=N–C) groups is 1. The maximum absolute atomic E-state index is 12.6. The number of aromatic nitrogens is 2. The van der Waals surface area contributed by atoms with Crippen LogP contribution in [0.25, 0.3) is 11.0 Å². The zero-order chi connectivity index (χ0) is 20.7. The zero-order valence-electron chi connectivity index (χ0n) is 16.4. The molecular weight excluding hydrogens is 376 g/mol. The fraction of sp³-hybridized carbons (Fsp3) is 0.0870. The van der Waals surface area contributed by atoms with Crippen LogP contribution >= 0.6 is 0 Å². The van der Waals surface area contributed by atoms with Gasteiger partial charge in [0.05, 0.1) is 0 Å². The van der Waals surface area contributed by atoms with Gasteiger partial charge in [-0.05, 0) is 43.3 Å². The van der Waals surface area contributed by atoms with E-state index in [-0.39, 0.29) is 12.1 Å². The summed E-state index contributed by atoms with van der Waals surface area (Å²) in [6, 6.07) is 23.2. The number of guanidine groups is 1. The molecule has 1 amide bonds. The summed E-state index contributed by atoms with van der Waals surface area (Å²) in [5.74, 6) is 0.948. The van der Waals surface area contributed by atoms with Gasteiger partial charge < -0.3 is 11.1 Å². The number of carbonyl (C=O) groups is 1. The number of aromatic amines is 1. The van der Waals surface area contributed by atoms with Crippen LogP contribution < -0.4 is 20.9 Å². The molecular formula is C23H21N6O+. The van der Waals surface area contributed by atoms with E-state index in [1.165, 1.54) is 0 Å². The van der Waals surface area contributed by atoms with Crippen LogP contribution in [-0.4, -0.2) is 16.9 Å². The Morgan fingerprint density at radius 1 is 1.07 bits per heavy atom. The van der Waals surface area contributed by atoms with Crippen molar-refractivity contribution in [3.8, 4) is 0 Å². The summed E-state index contributed by atoms with van der Waals surface area (Å²) in [5.41, 5.74) is 11.4. The molecule has 0 spiro atoms. The number of rotatable bonds is 3. The molecule has 7 heteroatoms. The van der Waals surface area contributed by atoms with Gasteiger partial charge in [-0.2, -0.15) is 4.99 Å². The third-order valence-electron chi connectivity index (χ3n) is 5.17. The number of hydrogen-bond acceptors (Lipinski definition) is 4. The molecule has 0 aliphatic carbocycles. The van der Waals surface area contributed by atoms with Gasteiger partial charge in [0.15, 0.2) is 0 Å². The number of benzene rings is 3. The van der Waals surface area contributed by atoms with Gasteiger partial charge in [0, 0.05) is 16.8 Å². The molecule has 0 radical (unpaired) electrons. The largest absolute Gasteiger partial charge is 0.365 e. The standard InChI is InChI=1S/C23H20N6O/c1-14-9-11-15(12-10-14)21(30)25-17-6-4-5-16(13-17)20-27-22(24)28-23-26-18-7-2-3-8-19(18)29(20)23/h2-13,20H,1H3,(H4,24,25,26,27,28,30)/p+1/t20-/m0/s1. The number of aryl methyl sites for hydroxylation is 1. The number of nitrogens with zero attached hydrogens (tertiary/aromatic N) is 2. The van der Waals surface area contributed by atoms with Crippen molar-refractivity contribution in [2.75, 3.05) is 10.6 Å². The average Bonchev–Trinajstić information content (AvgIpc) is 3.12. The summed E-state index contributed by atoms with van der Waals surface area (Å²) < 4.78 is 2.06. The van der Waals surface area contributed by atoms with Gasteiger partial charge in [-0.3, -0.25) is 4.79 Å². The molecule has 0 unspecified atom stereocenters. The van der Waals surface area contributed by atoms with Crippen molar-refractivity contribution in [2.24, 2.45) is 10.7 Å². The van der Waals surface area contributed by atoms with Crippen molar-refractivity contribution in [3.63, 3.8) is 0 Å². The number of hydrogen-bond donors (Lipinski definition) is 4. The number of nitrogens with one attached hydrogen (secondary N) is 3. The van der Waals surface area contributed by atoms with Gasteiger partial charge in [0.2, 0.25) is 6.17 Å². The minimum Gasteiger partial charge on any atom is -0.357 e. The summed E-state index contributed by atoms with van der Waals surface area (Å²) in [5, 5.41) is 6.06. The second-order valence-electron chi connectivity index (χ2n) is 7.32. The lowest BCUT2D eigenvalue weighted by Crippen LogP contribution is -2.48. The van der Waals surface area contributed by atoms with Crippen molar-refractivity contribution in [1.82, 2.24) is 4.98 Å². The lowest BCUT2D eigenvalue weighted by Gasteiger charge is -2.18. The molecule has 1 aliphatic heterocycles. The van der Waals surface area contributed by atoms with Crippen LogP contribution in [0.4, 0.5) is 11.6 Å². The quantitative estimate of drug-likeness (QED) is 0.399. The number of nitrogens with two attached hydrogens (primary N) is 1. The number of fused-ring (bicyclic) bond motifs is 3. The van der Waals surface area contributed by atoms with Crippen molar-refractivity contribution in [2.45, 2.75) is 13.1 Å². The average molecular weight is 397 g/mol. The molecule has 1 aromatic heterocycles. The van der Waals surface area contributed by atoms with E-state index in [1.54, 1.807) is 0 Å². The molecule has 1 aliphatic rings. The van der Waals surface area contributed by atoms with E-state index in [2.05, 4.69) is 25.2 Å². The third-order valence-corrected chi connectivity index (χ3v) is 5.17. The van der Waals surface area contributed by atoms with Gasteiger partial charge in [0.1, 0.15) is 11.0 Å². The molecule has 1 atom stereocenters. The summed E-state index contributed by atoms with van der Waals surface area (Å²) in [6.07, 6.45) is -0.353. The van der Waals surface area contributed by atoms with Crippen LogP contribution in [0.15, 0.2) is 77.8 Å². The fourth-order valence-electron chi connectivity index (χ4n) is 3.70. The number of carbonyl (C=O) groups excluding carboxylic acids is 1. The molecule has 5 N–H and O–H groups in total. The Hall–Kier alpha value is -4.13. The molecule has 5 rings (SSSR count). The van der Waals surface area contributed by atoms with Crippen LogP contribution in [0, 0.1) is 6.92 Å². The molecule has 0 bridgehead atoms. The van der Waals surface area contributed by atoms with E-state index < -0.39 is 0 Å². The Balaban J connectivity index is 1.50. The first-order valence-electron chi connectivity index (χ1n) is 9.69. The first-order chi connectivity index (χ1) is 14.6. The van der Waals surface area contributed by atoms with E-state index in [9.17, 15) is 4.79 Å². The molecule has 4 aromatic rings. The van der Waals surface area contributed by atoms with Gasteiger partial charge in [-0.1, -0.05) is 42.0 Å². The first kappa shape index (κ1) is 17.9. The Kier molecular flexibility index (Phi) is 4.21. The number of anilines is 2. The zero-order valence-corrected chi connectivity index (χ0v) is 16.4. The normalized spacial score (nSPS) is 15.2. The first-order valence-corrected chi connectivity index (χ1v) is 9.69. The maximum atomic E-state index is 12.6. The minimum absolute atomic E-state index is 0.152.